The van der Waals surface area contributed by atoms with Gasteiger partial charge >= 0.3 is 0 Å². The maximum atomic E-state index is 5.67. The number of aromatic nitrogens is 2. The zero-order chi connectivity index (χ0) is 12.3. The van der Waals surface area contributed by atoms with Gasteiger partial charge in [-0.1, -0.05) is 0 Å². The van der Waals surface area contributed by atoms with E-state index in [-0.39, 0.29) is 0 Å². The molecule has 1 aromatic rings. The standard InChI is InChI=1S/C12H19N3O2/c1-9-7-10(8-13)15-11(14-9)12(16-2)3-5-17-6-4-12/h7H,3-6,8,13H2,1-2H3. The Bertz CT molecular complexity index is 389. The van der Waals surface area contributed by atoms with Crippen LogP contribution in [0, 0.1) is 6.92 Å². The fourth-order valence-electron chi connectivity index (χ4n) is 2.16. The van der Waals surface area contributed by atoms with E-state index in [1.807, 2.05) is 13.0 Å². The summed E-state index contributed by atoms with van der Waals surface area (Å²) in [5, 5.41) is 0. The van der Waals surface area contributed by atoms with Gasteiger partial charge in [0.05, 0.1) is 5.69 Å². The van der Waals surface area contributed by atoms with Crippen molar-refractivity contribution in [2.45, 2.75) is 31.9 Å². The van der Waals surface area contributed by atoms with Crippen LogP contribution in [0.1, 0.15) is 30.1 Å². The van der Waals surface area contributed by atoms with Gasteiger partial charge in [0.15, 0.2) is 5.82 Å². The average molecular weight is 237 g/mol. The van der Waals surface area contributed by atoms with E-state index in [1.54, 1.807) is 7.11 Å². The molecule has 0 amide bonds. The summed E-state index contributed by atoms with van der Waals surface area (Å²) in [5.41, 5.74) is 7.02. The number of methoxy groups -OCH3 is 1. The zero-order valence-electron chi connectivity index (χ0n) is 10.4. The van der Waals surface area contributed by atoms with E-state index in [4.69, 9.17) is 15.2 Å². The van der Waals surface area contributed by atoms with Crippen LogP contribution in [0.15, 0.2) is 6.07 Å². The zero-order valence-corrected chi connectivity index (χ0v) is 10.4. The maximum absolute atomic E-state index is 5.67. The van der Waals surface area contributed by atoms with E-state index >= 15 is 0 Å². The Labute approximate surface area is 101 Å². The molecule has 1 fully saturated rings. The predicted octanol–water partition coefficient (Wildman–Crippen LogP) is 0.896. The summed E-state index contributed by atoms with van der Waals surface area (Å²) in [5.74, 6) is 0.740. The summed E-state index contributed by atoms with van der Waals surface area (Å²) < 4.78 is 11.0. The molecule has 1 saturated heterocycles. The number of hydrogen-bond donors (Lipinski definition) is 1. The summed E-state index contributed by atoms with van der Waals surface area (Å²) in [4.78, 5) is 9.00. The minimum Gasteiger partial charge on any atom is -0.381 e. The summed E-state index contributed by atoms with van der Waals surface area (Å²) in [6, 6.07) is 1.91. The van der Waals surface area contributed by atoms with Gasteiger partial charge in [-0.05, 0) is 13.0 Å². The molecule has 1 aliphatic rings. The molecule has 1 aliphatic heterocycles. The fourth-order valence-corrected chi connectivity index (χ4v) is 2.16. The van der Waals surface area contributed by atoms with Gasteiger partial charge in [0.25, 0.3) is 0 Å². The van der Waals surface area contributed by atoms with Crippen molar-refractivity contribution >= 4 is 0 Å². The second-order valence-electron chi connectivity index (χ2n) is 4.34. The van der Waals surface area contributed by atoms with E-state index in [1.165, 1.54) is 0 Å². The van der Waals surface area contributed by atoms with Crippen LogP contribution in [-0.4, -0.2) is 30.3 Å². The molecule has 0 atom stereocenters. The first-order chi connectivity index (χ1) is 8.20. The molecule has 2 heterocycles. The van der Waals surface area contributed by atoms with Crippen LogP contribution in [0.3, 0.4) is 0 Å². The first kappa shape index (κ1) is 12.4. The van der Waals surface area contributed by atoms with Crippen LogP contribution in [0.4, 0.5) is 0 Å². The smallest absolute Gasteiger partial charge is 0.160 e. The monoisotopic (exact) mass is 237 g/mol. The number of hydrogen-bond acceptors (Lipinski definition) is 5. The summed E-state index contributed by atoms with van der Waals surface area (Å²) in [7, 11) is 1.71. The van der Waals surface area contributed by atoms with Gasteiger partial charge in [0.2, 0.25) is 0 Å². The van der Waals surface area contributed by atoms with Crippen molar-refractivity contribution in [2.75, 3.05) is 20.3 Å². The predicted molar refractivity (Wildman–Crippen MR) is 63.4 cm³/mol. The maximum Gasteiger partial charge on any atom is 0.160 e. The van der Waals surface area contributed by atoms with Gasteiger partial charge in [0, 0.05) is 45.4 Å². The van der Waals surface area contributed by atoms with Crippen molar-refractivity contribution in [1.29, 1.82) is 0 Å². The van der Waals surface area contributed by atoms with Gasteiger partial charge in [0.1, 0.15) is 5.60 Å². The SMILES string of the molecule is COC1(c2nc(C)cc(CN)n2)CCOCC1. The normalized spacial score (nSPS) is 19.2. The molecule has 0 aromatic carbocycles. The van der Waals surface area contributed by atoms with Crippen LogP contribution in [0.25, 0.3) is 0 Å². The van der Waals surface area contributed by atoms with E-state index < -0.39 is 5.60 Å². The lowest BCUT2D eigenvalue weighted by atomic mass is 9.93. The number of ether oxygens (including phenoxy) is 2. The molecular formula is C12H19N3O2. The third-order valence-corrected chi connectivity index (χ3v) is 3.22. The highest BCUT2D eigenvalue weighted by atomic mass is 16.5. The minimum atomic E-state index is -0.409. The highest BCUT2D eigenvalue weighted by Crippen LogP contribution is 2.33. The Morgan fingerprint density at radius 1 is 1.41 bits per heavy atom. The number of aryl methyl sites for hydroxylation is 1. The van der Waals surface area contributed by atoms with E-state index in [9.17, 15) is 0 Å². The van der Waals surface area contributed by atoms with Crippen LogP contribution in [0.5, 0.6) is 0 Å². The van der Waals surface area contributed by atoms with Crippen LogP contribution < -0.4 is 5.73 Å². The second kappa shape index (κ2) is 5.08. The molecule has 5 nitrogen and oxygen atoms in total. The quantitative estimate of drug-likeness (QED) is 0.845. The Morgan fingerprint density at radius 2 is 2.12 bits per heavy atom. The van der Waals surface area contributed by atoms with Crippen molar-refractivity contribution in [2.24, 2.45) is 5.73 Å². The van der Waals surface area contributed by atoms with Crippen molar-refractivity contribution in [1.82, 2.24) is 9.97 Å². The molecule has 2 rings (SSSR count). The van der Waals surface area contributed by atoms with Gasteiger partial charge in [-0.3, -0.25) is 0 Å². The molecule has 0 saturated carbocycles. The fraction of sp³-hybridized carbons (Fsp3) is 0.667. The molecule has 0 radical (unpaired) electrons. The van der Waals surface area contributed by atoms with Gasteiger partial charge in [-0.15, -0.1) is 0 Å². The molecule has 94 valence electrons. The highest BCUT2D eigenvalue weighted by Gasteiger charge is 2.37. The first-order valence-corrected chi connectivity index (χ1v) is 5.88. The Morgan fingerprint density at radius 3 is 2.71 bits per heavy atom. The third-order valence-electron chi connectivity index (χ3n) is 3.22. The lowest BCUT2D eigenvalue weighted by Gasteiger charge is -2.34. The summed E-state index contributed by atoms with van der Waals surface area (Å²) in [6.45, 7) is 3.74. The first-order valence-electron chi connectivity index (χ1n) is 5.88. The Kier molecular flexibility index (Phi) is 3.71. The number of nitrogens with two attached hydrogens (primary N) is 1. The molecule has 5 heteroatoms. The van der Waals surface area contributed by atoms with Crippen molar-refractivity contribution in [3.05, 3.63) is 23.3 Å². The Hall–Kier alpha value is -1.04. The molecule has 2 N–H and O–H groups in total. The van der Waals surface area contributed by atoms with E-state index in [0.29, 0.717) is 19.8 Å². The lowest BCUT2D eigenvalue weighted by molar-refractivity contribution is -0.100. The van der Waals surface area contributed by atoms with Crippen LogP contribution in [0.2, 0.25) is 0 Å². The minimum absolute atomic E-state index is 0.409. The molecule has 17 heavy (non-hydrogen) atoms. The lowest BCUT2D eigenvalue weighted by Crippen LogP contribution is -2.37. The summed E-state index contributed by atoms with van der Waals surface area (Å²) in [6.07, 6.45) is 1.58. The largest absolute Gasteiger partial charge is 0.381 e. The topological polar surface area (TPSA) is 70.3 Å². The number of nitrogens with zero attached hydrogens (tertiary/aromatic N) is 2. The molecule has 0 aliphatic carbocycles. The van der Waals surface area contributed by atoms with Crippen LogP contribution in [-0.2, 0) is 21.6 Å². The molecule has 0 spiro atoms. The third kappa shape index (κ3) is 2.46. The van der Waals surface area contributed by atoms with Gasteiger partial charge < -0.3 is 15.2 Å². The molecule has 0 bridgehead atoms. The van der Waals surface area contributed by atoms with Crippen LogP contribution >= 0.6 is 0 Å². The van der Waals surface area contributed by atoms with Crippen molar-refractivity contribution < 1.29 is 9.47 Å². The van der Waals surface area contributed by atoms with Gasteiger partial charge in [-0.25, -0.2) is 9.97 Å². The van der Waals surface area contributed by atoms with Gasteiger partial charge in [-0.2, -0.15) is 0 Å². The Balaban J connectivity index is 2.38. The second-order valence-corrected chi connectivity index (χ2v) is 4.34. The highest BCUT2D eigenvalue weighted by molar-refractivity contribution is 5.14. The molecule has 1 aromatic heterocycles. The van der Waals surface area contributed by atoms with E-state index in [2.05, 4.69) is 9.97 Å². The van der Waals surface area contributed by atoms with Crippen molar-refractivity contribution in [3.63, 3.8) is 0 Å². The van der Waals surface area contributed by atoms with E-state index in [0.717, 1.165) is 30.1 Å². The summed E-state index contributed by atoms with van der Waals surface area (Å²) >= 11 is 0. The molecular weight excluding hydrogens is 218 g/mol. The van der Waals surface area contributed by atoms with Crippen molar-refractivity contribution in [3.8, 4) is 0 Å². The molecule has 0 unspecified atom stereocenters. The average Bonchev–Trinajstić information content (AvgIpc) is 2.38. The number of rotatable bonds is 3.